The molecule has 1 fully saturated rings. The predicted octanol–water partition coefficient (Wildman–Crippen LogP) is 0.444. The Morgan fingerprint density at radius 3 is 2.90 bits per heavy atom. The van der Waals surface area contributed by atoms with Crippen molar-refractivity contribution >= 4 is 5.91 Å². The topological polar surface area (TPSA) is 75.9 Å². The summed E-state index contributed by atoms with van der Waals surface area (Å²) in [5, 5.41) is 13.5. The fourth-order valence-corrected chi connectivity index (χ4v) is 2.72. The molecule has 0 unspecified atom stereocenters. The van der Waals surface area contributed by atoms with Gasteiger partial charge in [-0.3, -0.25) is 4.79 Å². The van der Waals surface area contributed by atoms with Crippen LogP contribution in [-0.4, -0.2) is 57.2 Å². The van der Waals surface area contributed by atoms with Gasteiger partial charge in [-0.2, -0.15) is 0 Å². The molecule has 2 rings (SSSR count). The van der Waals surface area contributed by atoms with Crippen molar-refractivity contribution in [1.82, 2.24) is 30.4 Å². The lowest BCUT2D eigenvalue weighted by atomic mass is 9.94. The minimum Gasteiger partial charge on any atom is -0.354 e. The number of carbonyl (C=O) groups excluding carboxylic acids is 1. The quantitative estimate of drug-likeness (QED) is 0.734. The minimum absolute atomic E-state index is 0.0439. The molecule has 0 saturated heterocycles. The lowest BCUT2D eigenvalue weighted by Gasteiger charge is -2.31. The second-order valence-corrected chi connectivity index (χ2v) is 5.48. The third-order valence-electron chi connectivity index (χ3n) is 3.90. The first-order valence-electron chi connectivity index (χ1n) is 7.43. The highest BCUT2D eigenvalue weighted by molar-refractivity contribution is 5.75. The van der Waals surface area contributed by atoms with E-state index >= 15 is 0 Å². The molecule has 1 saturated carbocycles. The van der Waals surface area contributed by atoms with Gasteiger partial charge in [0.15, 0.2) is 0 Å². The van der Waals surface area contributed by atoms with Crippen LogP contribution < -0.4 is 5.32 Å². The normalized spacial score (nSPS) is 16.5. The van der Waals surface area contributed by atoms with Crippen molar-refractivity contribution in [3.8, 4) is 0 Å². The van der Waals surface area contributed by atoms with Crippen LogP contribution in [0.2, 0.25) is 0 Å². The van der Waals surface area contributed by atoms with E-state index in [1.54, 1.807) is 0 Å². The predicted molar refractivity (Wildman–Crippen MR) is 74.9 cm³/mol. The summed E-state index contributed by atoms with van der Waals surface area (Å²) < 4.78 is 1.42. The molecule has 1 heterocycles. The maximum Gasteiger partial charge on any atom is 0.241 e. The number of nitrogens with zero attached hydrogens (tertiary/aromatic N) is 5. The summed E-state index contributed by atoms with van der Waals surface area (Å²) in [6, 6.07) is 0.737. The number of aromatic nitrogens is 4. The van der Waals surface area contributed by atoms with Gasteiger partial charge in [0.25, 0.3) is 0 Å². The number of tetrazole rings is 1. The van der Waals surface area contributed by atoms with E-state index in [2.05, 4.69) is 32.8 Å². The number of hydrogen-bond donors (Lipinski definition) is 1. The van der Waals surface area contributed by atoms with Crippen molar-refractivity contribution in [2.75, 3.05) is 20.1 Å². The van der Waals surface area contributed by atoms with Crippen molar-refractivity contribution in [3.63, 3.8) is 0 Å². The molecule has 7 nitrogen and oxygen atoms in total. The Balaban J connectivity index is 1.55. The standard InChI is InChI=1S/C13H24N6O/c1-18(12-6-3-2-4-7-12)9-5-8-14-13(20)10-19-11-15-16-17-19/h11-12H,2-10H2,1H3,(H,14,20). The molecule has 0 aliphatic heterocycles. The molecule has 0 aromatic carbocycles. The zero-order valence-corrected chi connectivity index (χ0v) is 12.2. The van der Waals surface area contributed by atoms with Gasteiger partial charge in [-0.25, -0.2) is 4.68 Å². The number of amides is 1. The first-order valence-corrected chi connectivity index (χ1v) is 7.43. The molecule has 0 spiro atoms. The van der Waals surface area contributed by atoms with Crippen LogP contribution in [0, 0.1) is 0 Å². The molecule has 112 valence electrons. The highest BCUT2D eigenvalue weighted by Crippen LogP contribution is 2.21. The monoisotopic (exact) mass is 280 g/mol. The van der Waals surface area contributed by atoms with E-state index in [1.165, 1.54) is 43.1 Å². The van der Waals surface area contributed by atoms with E-state index in [-0.39, 0.29) is 12.5 Å². The number of carbonyl (C=O) groups is 1. The average Bonchev–Trinajstić information content (AvgIpc) is 2.97. The molecule has 1 aliphatic carbocycles. The second kappa shape index (κ2) is 7.94. The first-order chi connectivity index (χ1) is 9.75. The largest absolute Gasteiger partial charge is 0.354 e. The van der Waals surface area contributed by atoms with Crippen LogP contribution in [0.1, 0.15) is 38.5 Å². The van der Waals surface area contributed by atoms with Crippen molar-refractivity contribution in [2.45, 2.75) is 51.1 Å². The molecule has 1 amide bonds. The summed E-state index contributed by atoms with van der Waals surface area (Å²) in [6.45, 7) is 1.93. The van der Waals surface area contributed by atoms with Crippen LogP contribution in [0.15, 0.2) is 6.33 Å². The fraction of sp³-hybridized carbons (Fsp3) is 0.846. The van der Waals surface area contributed by atoms with Crippen molar-refractivity contribution < 1.29 is 4.79 Å². The summed E-state index contributed by atoms with van der Waals surface area (Å²) in [6.07, 6.45) is 9.17. The Morgan fingerprint density at radius 1 is 1.40 bits per heavy atom. The molecular weight excluding hydrogens is 256 g/mol. The Morgan fingerprint density at radius 2 is 2.20 bits per heavy atom. The van der Waals surface area contributed by atoms with Gasteiger partial charge in [0.2, 0.25) is 5.91 Å². The van der Waals surface area contributed by atoms with Gasteiger partial charge in [0.05, 0.1) is 0 Å². The van der Waals surface area contributed by atoms with Crippen LogP contribution in [0.3, 0.4) is 0 Å². The third kappa shape index (κ3) is 4.88. The molecule has 1 N–H and O–H groups in total. The van der Waals surface area contributed by atoms with Crippen molar-refractivity contribution in [1.29, 1.82) is 0 Å². The van der Waals surface area contributed by atoms with E-state index in [4.69, 9.17) is 0 Å². The maximum atomic E-state index is 11.6. The van der Waals surface area contributed by atoms with Crippen molar-refractivity contribution in [2.24, 2.45) is 0 Å². The van der Waals surface area contributed by atoms with Gasteiger partial charge in [0, 0.05) is 12.6 Å². The average molecular weight is 280 g/mol. The van der Waals surface area contributed by atoms with Crippen LogP contribution in [-0.2, 0) is 11.3 Å². The summed E-state index contributed by atoms with van der Waals surface area (Å²) in [5.74, 6) is -0.0439. The van der Waals surface area contributed by atoms with Gasteiger partial charge in [0.1, 0.15) is 12.9 Å². The molecule has 0 bridgehead atoms. The Kier molecular flexibility index (Phi) is 5.91. The fourth-order valence-electron chi connectivity index (χ4n) is 2.72. The highest BCUT2D eigenvalue weighted by atomic mass is 16.2. The van der Waals surface area contributed by atoms with E-state index in [0.29, 0.717) is 6.54 Å². The zero-order chi connectivity index (χ0) is 14.2. The molecule has 0 radical (unpaired) electrons. The van der Waals surface area contributed by atoms with Crippen LogP contribution >= 0.6 is 0 Å². The molecule has 20 heavy (non-hydrogen) atoms. The minimum atomic E-state index is -0.0439. The molecule has 7 heteroatoms. The van der Waals surface area contributed by atoms with Gasteiger partial charge >= 0.3 is 0 Å². The Bertz CT molecular complexity index is 388. The summed E-state index contributed by atoms with van der Waals surface area (Å²) in [7, 11) is 2.19. The van der Waals surface area contributed by atoms with E-state index in [9.17, 15) is 4.79 Å². The van der Waals surface area contributed by atoms with Crippen LogP contribution in [0.5, 0.6) is 0 Å². The summed E-state index contributed by atoms with van der Waals surface area (Å²) >= 11 is 0. The van der Waals surface area contributed by atoms with E-state index in [0.717, 1.165) is 19.0 Å². The zero-order valence-electron chi connectivity index (χ0n) is 12.2. The van der Waals surface area contributed by atoms with Gasteiger partial charge in [-0.15, -0.1) is 5.10 Å². The lowest BCUT2D eigenvalue weighted by molar-refractivity contribution is -0.121. The molecule has 0 atom stereocenters. The van der Waals surface area contributed by atoms with E-state index in [1.807, 2.05) is 0 Å². The molecule has 1 aromatic heterocycles. The number of hydrogen-bond acceptors (Lipinski definition) is 5. The third-order valence-corrected chi connectivity index (χ3v) is 3.90. The molecule has 1 aliphatic rings. The SMILES string of the molecule is CN(CCCNC(=O)Cn1cnnn1)C1CCCCC1. The van der Waals surface area contributed by atoms with Gasteiger partial charge < -0.3 is 10.2 Å². The Labute approximate surface area is 119 Å². The van der Waals surface area contributed by atoms with Crippen LogP contribution in [0.4, 0.5) is 0 Å². The lowest BCUT2D eigenvalue weighted by Crippen LogP contribution is -2.36. The van der Waals surface area contributed by atoms with Crippen molar-refractivity contribution in [3.05, 3.63) is 6.33 Å². The number of nitrogens with one attached hydrogen (secondary N) is 1. The molecular formula is C13H24N6O. The van der Waals surface area contributed by atoms with E-state index < -0.39 is 0 Å². The number of rotatable bonds is 7. The second-order valence-electron chi connectivity index (χ2n) is 5.48. The summed E-state index contributed by atoms with van der Waals surface area (Å²) in [4.78, 5) is 14.1. The smallest absolute Gasteiger partial charge is 0.241 e. The maximum absolute atomic E-state index is 11.6. The molecule has 1 aromatic rings. The summed E-state index contributed by atoms with van der Waals surface area (Å²) in [5.41, 5.74) is 0. The highest BCUT2D eigenvalue weighted by Gasteiger charge is 2.17. The van der Waals surface area contributed by atoms with Crippen LogP contribution in [0.25, 0.3) is 0 Å². The Hall–Kier alpha value is -1.50. The van der Waals surface area contributed by atoms with Gasteiger partial charge in [-0.1, -0.05) is 19.3 Å². The first kappa shape index (κ1) is 14.9. The van der Waals surface area contributed by atoms with Gasteiger partial charge in [-0.05, 0) is 43.3 Å².